The Kier molecular flexibility index (Phi) is 1.05. The Labute approximate surface area is 72.2 Å². The topological polar surface area (TPSA) is 17.1 Å². The number of carbonyl (C=O) groups is 1. The van der Waals surface area contributed by atoms with Gasteiger partial charge in [-0.2, -0.15) is 0 Å². The highest BCUT2D eigenvalue weighted by molar-refractivity contribution is 6.03. The number of ketones is 1. The summed E-state index contributed by atoms with van der Waals surface area (Å²) < 4.78 is 0. The van der Waals surface area contributed by atoms with Crippen LogP contribution in [0.3, 0.4) is 0 Å². The van der Waals surface area contributed by atoms with Crippen LogP contribution in [0.25, 0.3) is 0 Å². The van der Waals surface area contributed by atoms with Crippen molar-refractivity contribution in [2.45, 2.75) is 32.1 Å². The third kappa shape index (κ3) is 0.767. The smallest absolute Gasteiger partial charge is 0.163 e. The molecule has 0 bridgehead atoms. The minimum atomic E-state index is 0.382. The SMILES string of the molecule is O=C1CCC2=CCC3(C=C12)CC3. The summed E-state index contributed by atoms with van der Waals surface area (Å²) in [6.07, 6.45) is 10.1. The largest absolute Gasteiger partial charge is 0.294 e. The van der Waals surface area contributed by atoms with Crippen molar-refractivity contribution in [1.82, 2.24) is 0 Å². The van der Waals surface area contributed by atoms with Crippen molar-refractivity contribution in [3.63, 3.8) is 0 Å². The van der Waals surface area contributed by atoms with Crippen molar-refractivity contribution in [3.05, 3.63) is 23.3 Å². The second kappa shape index (κ2) is 1.90. The number of rotatable bonds is 0. The van der Waals surface area contributed by atoms with Crippen LogP contribution in [0.1, 0.15) is 32.1 Å². The van der Waals surface area contributed by atoms with Gasteiger partial charge in [-0.1, -0.05) is 12.2 Å². The molecule has 0 aromatic heterocycles. The fraction of sp³-hybridized carbons (Fsp3) is 0.545. The van der Waals surface area contributed by atoms with E-state index < -0.39 is 0 Å². The molecule has 1 heteroatoms. The van der Waals surface area contributed by atoms with E-state index >= 15 is 0 Å². The highest BCUT2D eigenvalue weighted by Crippen LogP contribution is 2.55. The van der Waals surface area contributed by atoms with Gasteiger partial charge in [-0.05, 0) is 36.7 Å². The lowest BCUT2D eigenvalue weighted by Crippen LogP contribution is -2.05. The van der Waals surface area contributed by atoms with Crippen molar-refractivity contribution in [1.29, 1.82) is 0 Å². The van der Waals surface area contributed by atoms with E-state index in [1.165, 1.54) is 24.8 Å². The first-order valence-corrected chi connectivity index (χ1v) is 4.75. The fourth-order valence-corrected chi connectivity index (χ4v) is 2.28. The summed E-state index contributed by atoms with van der Waals surface area (Å²) in [7, 11) is 0. The summed E-state index contributed by atoms with van der Waals surface area (Å²) >= 11 is 0. The van der Waals surface area contributed by atoms with Gasteiger partial charge in [-0.3, -0.25) is 4.79 Å². The summed E-state index contributed by atoms with van der Waals surface area (Å²) in [6.45, 7) is 0. The molecule has 2 fully saturated rings. The Morgan fingerprint density at radius 1 is 1.25 bits per heavy atom. The number of Topliss-reactive ketones (excluding diaryl/α,β-unsaturated/α-hetero) is 1. The maximum atomic E-state index is 11.4. The third-order valence-corrected chi connectivity index (χ3v) is 3.37. The summed E-state index contributed by atoms with van der Waals surface area (Å²) in [4.78, 5) is 11.4. The number of allylic oxidation sites excluding steroid dienone is 4. The first-order valence-electron chi connectivity index (χ1n) is 4.75. The monoisotopic (exact) mass is 160 g/mol. The summed E-state index contributed by atoms with van der Waals surface area (Å²) in [5, 5.41) is 0. The molecule has 2 saturated carbocycles. The lowest BCUT2D eigenvalue weighted by molar-refractivity contribution is -0.114. The van der Waals surface area contributed by atoms with E-state index in [2.05, 4.69) is 12.2 Å². The van der Waals surface area contributed by atoms with Crippen molar-refractivity contribution < 1.29 is 4.79 Å². The van der Waals surface area contributed by atoms with Crippen LogP contribution >= 0.6 is 0 Å². The molecule has 3 aliphatic rings. The molecule has 0 amide bonds. The van der Waals surface area contributed by atoms with E-state index in [9.17, 15) is 4.79 Å². The molecule has 0 aromatic rings. The molecule has 62 valence electrons. The maximum Gasteiger partial charge on any atom is 0.163 e. The van der Waals surface area contributed by atoms with Gasteiger partial charge in [0.05, 0.1) is 0 Å². The normalized spacial score (nSPS) is 29.8. The molecule has 0 heterocycles. The molecule has 1 spiro atoms. The van der Waals surface area contributed by atoms with Crippen LogP contribution in [0, 0.1) is 5.41 Å². The van der Waals surface area contributed by atoms with Gasteiger partial charge in [0.2, 0.25) is 0 Å². The molecule has 0 N–H and O–H groups in total. The quantitative estimate of drug-likeness (QED) is 0.531. The lowest BCUT2D eigenvalue weighted by Gasteiger charge is -2.14. The molecule has 0 unspecified atom stereocenters. The van der Waals surface area contributed by atoms with Crippen molar-refractivity contribution in [2.75, 3.05) is 0 Å². The van der Waals surface area contributed by atoms with Crippen LogP contribution in [0.2, 0.25) is 0 Å². The Balaban J connectivity index is 2.06. The van der Waals surface area contributed by atoms with Crippen LogP contribution in [0.15, 0.2) is 23.3 Å². The van der Waals surface area contributed by atoms with Gasteiger partial charge in [0.25, 0.3) is 0 Å². The zero-order valence-electron chi connectivity index (χ0n) is 7.10. The minimum absolute atomic E-state index is 0.382. The third-order valence-electron chi connectivity index (χ3n) is 3.37. The molecule has 3 aliphatic carbocycles. The van der Waals surface area contributed by atoms with Crippen LogP contribution in [0.4, 0.5) is 0 Å². The average Bonchev–Trinajstić information content (AvgIpc) is 2.73. The van der Waals surface area contributed by atoms with Crippen LogP contribution in [-0.2, 0) is 4.79 Å². The van der Waals surface area contributed by atoms with E-state index in [4.69, 9.17) is 0 Å². The Hall–Kier alpha value is -0.850. The summed E-state index contributed by atoms with van der Waals surface area (Å²) in [5.41, 5.74) is 2.84. The van der Waals surface area contributed by atoms with E-state index in [1.807, 2.05) is 0 Å². The highest BCUT2D eigenvalue weighted by Gasteiger charge is 2.43. The van der Waals surface area contributed by atoms with Gasteiger partial charge in [-0.25, -0.2) is 0 Å². The second-order valence-electron chi connectivity index (χ2n) is 4.28. The molecule has 0 aromatic carbocycles. The number of hydrogen-bond donors (Lipinski definition) is 0. The van der Waals surface area contributed by atoms with Crippen molar-refractivity contribution in [2.24, 2.45) is 5.41 Å². The number of fused-ring (bicyclic) bond motifs is 1. The standard InChI is InChI=1S/C11H12O/c12-10-2-1-8-3-4-11(5-6-11)7-9(8)10/h3,7H,1-2,4-6H2. The summed E-state index contributed by atoms with van der Waals surface area (Å²) in [6, 6.07) is 0. The molecule has 12 heavy (non-hydrogen) atoms. The number of hydrogen-bond acceptors (Lipinski definition) is 1. The predicted octanol–water partition coefficient (Wildman–Crippen LogP) is 2.39. The molecule has 3 rings (SSSR count). The molecule has 0 saturated heterocycles. The molecule has 0 radical (unpaired) electrons. The van der Waals surface area contributed by atoms with Gasteiger partial charge in [0.15, 0.2) is 5.78 Å². The van der Waals surface area contributed by atoms with Crippen molar-refractivity contribution >= 4 is 5.78 Å². The minimum Gasteiger partial charge on any atom is -0.294 e. The van der Waals surface area contributed by atoms with E-state index in [1.54, 1.807) is 0 Å². The molecular formula is C11H12O. The second-order valence-corrected chi connectivity index (χ2v) is 4.28. The highest BCUT2D eigenvalue weighted by atomic mass is 16.1. The first kappa shape index (κ1) is 6.64. The van der Waals surface area contributed by atoms with E-state index in [0.29, 0.717) is 11.2 Å². The Morgan fingerprint density at radius 3 is 2.83 bits per heavy atom. The zero-order valence-corrected chi connectivity index (χ0v) is 7.10. The lowest BCUT2D eigenvalue weighted by atomic mass is 9.89. The van der Waals surface area contributed by atoms with Crippen LogP contribution in [0.5, 0.6) is 0 Å². The van der Waals surface area contributed by atoms with Gasteiger partial charge >= 0.3 is 0 Å². The molecule has 0 atom stereocenters. The average molecular weight is 160 g/mol. The van der Waals surface area contributed by atoms with Gasteiger partial charge < -0.3 is 0 Å². The fourth-order valence-electron chi connectivity index (χ4n) is 2.28. The first-order chi connectivity index (χ1) is 5.79. The van der Waals surface area contributed by atoms with Gasteiger partial charge in [0, 0.05) is 12.0 Å². The van der Waals surface area contributed by atoms with Crippen LogP contribution < -0.4 is 0 Å². The van der Waals surface area contributed by atoms with E-state index in [0.717, 1.165) is 18.4 Å². The van der Waals surface area contributed by atoms with Gasteiger partial charge in [0.1, 0.15) is 0 Å². The maximum absolute atomic E-state index is 11.4. The van der Waals surface area contributed by atoms with Gasteiger partial charge in [-0.15, -0.1) is 0 Å². The van der Waals surface area contributed by atoms with Crippen molar-refractivity contribution in [3.8, 4) is 0 Å². The number of carbonyl (C=O) groups excluding carboxylic acids is 1. The zero-order chi connectivity index (χ0) is 8.18. The molecule has 1 nitrogen and oxygen atoms in total. The summed E-state index contributed by atoms with van der Waals surface area (Å²) in [5.74, 6) is 0.382. The van der Waals surface area contributed by atoms with E-state index in [-0.39, 0.29) is 0 Å². The predicted molar refractivity (Wildman–Crippen MR) is 46.7 cm³/mol. The molecule has 0 aliphatic heterocycles. The Bertz CT molecular complexity index is 316. The van der Waals surface area contributed by atoms with Crippen LogP contribution in [-0.4, -0.2) is 5.78 Å². The molecular weight excluding hydrogens is 148 g/mol. The Morgan fingerprint density at radius 2 is 2.08 bits per heavy atom.